The second kappa shape index (κ2) is 13.4. The number of rotatable bonds is 13. The number of hydrogen-bond acceptors (Lipinski definition) is 10. The number of fused-ring (bicyclic) bond motifs is 2. The lowest BCUT2D eigenvalue weighted by Gasteiger charge is -2.13. The standard InChI is InChI=1S/C36H32N6O4S2/c43-33(19-47-35-39-37-21-41(35)31-15-13-25(23-9-10-23)27-5-1-3-7-29(27)31)45-17-18-46-34(44)20-48-36-40-38-22-42(36)32-16-14-26(24-11-12-24)28-6-2-4-8-30(28)32/h1-8,13-16,21-24H,9-12,17-20H2. The lowest BCUT2D eigenvalue weighted by atomic mass is 9.99. The van der Waals surface area contributed by atoms with E-state index in [-0.39, 0.29) is 24.7 Å². The third kappa shape index (κ3) is 6.42. The molecule has 2 heterocycles. The van der Waals surface area contributed by atoms with Crippen molar-refractivity contribution >= 4 is 57.0 Å². The van der Waals surface area contributed by atoms with Crippen LogP contribution in [0.25, 0.3) is 32.9 Å². The molecule has 0 atom stereocenters. The second-order valence-corrected chi connectivity index (χ2v) is 13.9. The number of esters is 2. The van der Waals surface area contributed by atoms with Crippen LogP contribution >= 0.6 is 23.5 Å². The van der Waals surface area contributed by atoms with Crippen molar-refractivity contribution in [1.82, 2.24) is 29.5 Å². The minimum atomic E-state index is -0.429. The van der Waals surface area contributed by atoms with Crippen LogP contribution < -0.4 is 0 Å². The van der Waals surface area contributed by atoms with Crippen LogP contribution in [0.5, 0.6) is 0 Å². The predicted octanol–water partition coefficient (Wildman–Crippen LogP) is 6.88. The van der Waals surface area contributed by atoms with Gasteiger partial charge >= 0.3 is 11.9 Å². The second-order valence-electron chi connectivity index (χ2n) is 12.0. The molecule has 2 fully saturated rings. The molecular weight excluding hydrogens is 645 g/mol. The maximum absolute atomic E-state index is 12.5. The van der Waals surface area contributed by atoms with Gasteiger partial charge in [-0.05, 0) is 71.6 Å². The molecule has 6 aromatic rings. The van der Waals surface area contributed by atoms with Gasteiger partial charge in [0.2, 0.25) is 0 Å². The number of ether oxygens (including phenoxy) is 2. The Labute approximate surface area is 285 Å². The Bertz CT molecular complexity index is 1990. The molecular formula is C36H32N6O4S2. The van der Waals surface area contributed by atoms with Gasteiger partial charge in [0, 0.05) is 10.8 Å². The van der Waals surface area contributed by atoms with Crippen molar-refractivity contribution in [3.8, 4) is 11.4 Å². The van der Waals surface area contributed by atoms with Crippen molar-refractivity contribution in [1.29, 1.82) is 0 Å². The van der Waals surface area contributed by atoms with Crippen LogP contribution in [0.4, 0.5) is 0 Å². The normalized spacial score (nSPS) is 14.4. The van der Waals surface area contributed by atoms with E-state index in [1.54, 1.807) is 12.7 Å². The molecule has 0 bridgehead atoms. The first-order valence-electron chi connectivity index (χ1n) is 16.0. The molecule has 10 nitrogen and oxygen atoms in total. The molecule has 0 aliphatic heterocycles. The third-order valence-electron chi connectivity index (χ3n) is 8.70. The maximum atomic E-state index is 12.5. The van der Waals surface area contributed by atoms with E-state index in [2.05, 4.69) is 81.1 Å². The van der Waals surface area contributed by atoms with Crippen LogP contribution in [0.2, 0.25) is 0 Å². The summed E-state index contributed by atoms with van der Waals surface area (Å²) in [5.74, 6) is 0.506. The molecule has 0 radical (unpaired) electrons. The summed E-state index contributed by atoms with van der Waals surface area (Å²) in [6.45, 7) is -0.0729. The molecule has 4 aromatic carbocycles. The molecule has 0 N–H and O–H groups in total. The van der Waals surface area contributed by atoms with E-state index in [1.165, 1.54) is 71.1 Å². The Morgan fingerprint density at radius 2 is 1.02 bits per heavy atom. The van der Waals surface area contributed by atoms with Crippen molar-refractivity contribution in [3.63, 3.8) is 0 Å². The summed E-state index contributed by atoms with van der Waals surface area (Å²) in [5.41, 5.74) is 4.70. The smallest absolute Gasteiger partial charge is 0.316 e. The predicted molar refractivity (Wildman–Crippen MR) is 185 cm³/mol. The fraction of sp³-hybridized carbons (Fsp3) is 0.278. The highest BCUT2D eigenvalue weighted by Gasteiger charge is 2.27. The van der Waals surface area contributed by atoms with Gasteiger partial charge in [-0.3, -0.25) is 18.7 Å². The topological polar surface area (TPSA) is 114 Å². The summed E-state index contributed by atoms with van der Waals surface area (Å²) in [6, 6.07) is 25.3. The Hall–Kier alpha value is -4.68. The molecule has 12 heteroatoms. The Balaban J connectivity index is 0.816. The number of aromatic nitrogens is 6. The first kappa shape index (κ1) is 30.6. The average molecular weight is 677 g/mol. The quantitative estimate of drug-likeness (QED) is 0.0729. The van der Waals surface area contributed by atoms with Gasteiger partial charge in [-0.1, -0.05) is 84.2 Å². The van der Waals surface area contributed by atoms with Gasteiger partial charge in [0.15, 0.2) is 10.3 Å². The molecule has 2 aromatic heterocycles. The van der Waals surface area contributed by atoms with Crippen LogP contribution in [0.3, 0.4) is 0 Å². The van der Waals surface area contributed by atoms with Crippen molar-refractivity contribution < 1.29 is 19.1 Å². The van der Waals surface area contributed by atoms with Crippen molar-refractivity contribution in [2.75, 3.05) is 24.7 Å². The molecule has 2 aliphatic carbocycles. The maximum Gasteiger partial charge on any atom is 0.316 e. The molecule has 0 saturated heterocycles. The first-order chi connectivity index (χ1) is 23.6. The molecule has 0 spiro atoms. The van der Waals surface area contributed by atoms with Gasteiger partial charge in [0.1, 0.15) is 25.9 Å². The minimum absolute atomic E-state index is 0.0364. The molecule has 0 unspecified atom stereocenters. The van der Waals surface area contributed by atoms with Crippen LogP contribution in [-0.2, 0) is 19.1 Å². The minimum Gasteiger partial charge on any atom is -0.461 e. The van der Waals surface area contributed by atoms with E-state index in [4.69, 9.17) is 9.47 Å². The van der Waals surface area contributed by atoms with Gasteiger partial charge in [-0.25, -0.2) is 0 Å². The molecule has 2 saturated carbocycles. The lowest BCUT2D eigenvalue weighted by molar-refractivity contribution is -0.148. The lowest BCUT2D eigenvalue weighted by Crippen LogP contribution is -2.16. The fourth-order valence-corrected chi connectivity index (χ4v) is 7.59. The van der Waals surface area contributed by atoms with Gasteiger partial charge in [-0.2, -0.15) is 0 Å². The molecule has 48 heavy (non-hydrogen) atoms. The summed E-state index contributed by atoms with van der Waals surface area (Å²) in [6.07, 6.45) is 8.26. The highest BCUT2D eigenvalue weighted by Crippen LogP contribution is 2.45. The fourth-order valence-electron chi connectivity index (χ4n) is 6.15. The van der Waals surface area contributed by atoms with Gasteiger partial charge in [0.25, 0.3) is 0 Å². The monoisotopic (exact) mass is 676 g/mol. The number of nitrogens with zero attached hydrogens (tertiary/aromatic N) is 6. The molecule has 0 amide bonds. The van der Waals surface area contributed by atoms with Gasteiger partial charge < -0.3 is 9.47 Å². The number of carbonyl (C=O) groups excluding carboxylic acids is 2. The van der Waals surface area contributed by atoms with Crippen LogP contribution in [0.1, 0.15) is 48.6 Å². The third-order valence-corrected chi connectivity index (χ3v) is 10.5. The first-order valence-corrected chi connectivity index (χ1v) is 18.0. The van der Waals surface area contributed by atoms with E-state index in [0.29, 0.717) is 22.1 Å². The van der Waals surface area contributed by atoms with Gasteiger partial charge in [0.05, 0.1) is 22.9 Å². The highest BCUT2D eigenvalue weighted by molar-refractivity contribution is 8.00. The summed E-state index contributed by atoms with van der Waals surface area (Å²) in [7, 11) is 0. The van der Waals surface area contributed by atoms with Crippen LogP contribution in [0.15, 0.2) is 95.8 Å². The summed E-state index contributed by atoms with van der Waals surface area (Å²) in [5, 5.41) is 22.6. The van der Waals surface area contributed by atoms with Gasteiger partial charge in [-0.15, -0.1) is 20.4 Å². The summed E-state index contributed by atoms with van der Waals surface area (Å²) in [4.78, 5) is 25.0. The summed E-state index contributed by atoms with van der Waals surface area (Å²) >= 11 is 2.51. The van der Waals surface area contributed by atoms with E-state index in [9.17, 15) is 9.59 Å². The van der Waals surface area contributed by atoms with Crippen LogP contribution in [0, 0.1) is 0 Å². The van der Waals surface area contributed by atoms with Crippen LogP contribution in [-0.4, -0.2) is 66.2 Å². The molecule has 242 valence electrons. The van der Waals surface area contributed by atoms with E-state index in [1.807, 2.05) is 21.3 Å². The van der Waals surface area contributed by atoms with E-state index >= 15 is 0 Å². The van der Waals surface area contributed by atoms with Crippen molar-refractivity contribution in [2.45, 2.75) is 47.8 Å². The summed E-state index contributed by atoms with van der Waals surface area (Å²) < 4.78 is 14.5. The van der Waals surface area contributed by atoms with E-state index in [0.717, 1.165) is 22.1 Å². The largest absolute Gasteiger partial charge is 0.461 e. The number of thioether (sulfide) groups is 2. The SMILES string of the molecule is O=C(CSc1nncn1-c1ccc(C2CC2)c2ccccc12)OCCOC(=O)CSc1nncn1-c1ccc(C2CC2)c2ccccc12. The molecule has 8 rings (SSSR count). The number of benzene rings is 4. The Kier molecular flexibility index (Phi) is 8.58. The number of carbonyl (C=O) groups is 2. The number of hydrogen-bond donors (Lipinski definition) is 0. The molecule has 2 aliphatic rings. The Morgan fingerprint density at radius 3 is 1.44 bits per heavy atom. The highest BCUT2D eigenvalue weighted by atomic mass is 32.2. The zero-order chi connectivity index (χ0) is 32.5. The zero-order valence-corrected chi connectivity index (χ0v) is 27.7. The van der Waals surface area contributed by atoms with Crippen molar-refractivity contribution in [2.24, 2.45) is 0 Å². The zero-order valence-electron chi connectivity index (χ0n) is 26.0. The van der Waals surface area contributed by atoms with E-state index < -0.39 is 11.9 Å². The van der Waals surface area contributed by atoms with Crippen molar-refractivity contribution in [3.05, 3.63) is 96.6 Å². The Morgan fingerprint density at radius 1 is 0.604 bits per heavy atom. The average Bonchev–Trinajstić information content (AvgIpc) is 4.05.